The van der Waals surface area contributed by atoms with Crippen LogP contribution in [-0.2, 0) is 0 Å². The van der Waals surface area contributed by atoms with Gasteiger partial charge in [0.1, 0.15) is 0 Å². The molecule has 1 heterocycles. The third-order valence-electron chi connectivity index (χ3n) is 2.55. The van der Waals surface area contributed by atoms with Gasteiger partial charge in [-0.2, -0.15) is 0 Å². The number of amidine groups is 1. The Morgan fingerprint density at radius 2 is 2.31 bits per heavy atom. The Morgan fingerprint density at radius 1 is 1.50 bits per heavy atom. The SMILES string of the molecule is Cc1ccc(Br)cc1NC1=NC(C)CCS1. The van der Waals surface area contributed by atoms with Gasteiger partial charge in [-0.25, -0.2) is 0 Å². The molecule has 16 heavy (non-hydrogen) atoms. The summed E-state index contributed by atoms with van der Waals surface area (Å²) in [5.74, 6) is 1.15. The van der Waals surface area contributed by atoms with E-state index in [2.05, 4.69) is 58.3 Å². The van der Waals surface area contributed by atoms with Crippen molar-refractivity contribution in [3.63, 3.8) is 0 Å². The highest BCUT2D eigenvalue weighted by atomic mass is 79.9. The first-order chi connectivity index (χ1) is 7.65. The van der Waals surface area contributed by atoms with Crippen LogP contribution >= 0.6 is 27.7 Å². The predicted octanol–water partition coefficient (Wildman–Crippen LogP) is 4.05. The minimum Gasteiger partial charge on any atom is -0.335 e. The first kappa shape index (κ1) is 12.0. The molecule has 86 valence electrons. The molecule has 0 amide bonds. The van der Waals surface area contributed by atoms with Crippen molar-refractivity contribution in [1.82, 2.24) is 0 Å². The predicted molar refractivity (Wildman–Crippen MR) is 76.5 cm³/mol. The number of rotatable bonds is 1. The monoisotopic (exact) mass is 298 g/mol. The van der Waals surface area contributed by atoms with Crippen LogP contribution in [0.1, 0.15) is 18.9 Å². The molecule has 0 saturated heterocycles. The van der Waals surface area contributed by atoms with Crippen LogP contribution in [0.4, 0.5) is 5.69 Å². The van der Waals surface area contributed by atoms with Gasteiger partial charge in [0.25, 0.3) is 0 Å². The zero-order chi connectivity index (χ0) is 11.5. The van der Waals surface area contributed by atoms with Crippen molar-refractivity contribution in [2.45, 2.75) is 26.3 Å². The fourth-order valence-electron chi connectivity index (χ4n) is 1.54. The Kier molecular flexibility index (Phi) is 3.92. The molecule has 1 aliphatic rings. The zero-order valence-corrected chi connectivity index (χ0v) is 11.9. The van der Waals surface area contributed by atoms with Crippen molar-refractivity contribution >= 4 is 38.5 Å². The van der Waals surface area contributed by atoms with Gasteiger partial charge < -0.3 is 5.32 Å². The maximum absolute atomic E-state index is 4.60. The van der Waals surface area contributed by atoms with Crippen molar-refractivity contribution in [3.8, 4) is 0 Å². The second-order valence-electron chi connectivity index (χ2n) is 4.00. The number of anilines is 1. The van der Waals surface area contributed by atoms with Gasteiger partial charge in [0.05, 0.1) is 6.04 Å². The maximum Gasteiger partial charge on any atom is 0.161 e. The number of thioether (sulfide) groups is 1. The first-order valence-corrected chi connectivity index (χ1v) is 7.17. The molecule has 0 saturated carbocycles. The van der Waals surface area contributed by atoms with Crippen molar-refractivity contribution in [2.24, 2.45) is 4.99 Å². The molecule has 1 unspecified atom stereocenters. The third-order valence-corrected chi connectivity index (χ3v) is 3.97. The van der Waals surface area contributed by atoms with E-state index < -0.39 is 0 Å². The van der Waals surface area contributed by atoms with Gasteiger partial charge in [0, 0.05) is 15.9 Å². The molecule has 2 rings (SSSR count). The Balaban J connectivity index is 2.17. The van der Waals surface area contributed by atoms with E-state index in [1.807, 2.05) is 0 Å². The standard InChI is InChI=1S/C12H15BrN2S/c1-8-3-4-10(13)7-11(8)15-12-14-9(2)5-6-16-12/h3-4,7,9H,5-6H2,1-2H3,(H,14,15). The number of halogens is 1. The lowest BCUT2D eigenvalue weighted by atomic mass is 10.2. The summed E-state index contributed by atoms with van der Waals surface area (Å²) >= 11 is 5.29. The zero-order valence-electron chi connectivity index (χ0n) is 9.46. The van der Waals surface area contributed by atoms with E-state index in [0.29, 0.717) is 6.04 Å². The lowest BCUT2D eigenvalue weighted by molar-refractivity contribution is 0.720. The van der Waals surface area contributed by atoms with E-state index in [0.717, 1.165) is 21.1 Å². The van der Waals surface area contributed by atoms with Gasteiger partial charge in [0.2, 0.25) is 0 Å². The van der Waals surface area contributed by atoms with Crippen LogP contribution in [0.5, 0.6) is 0 Å². The summed E-state index contributed by atoms with van der Waals surface area (Å²) in [6, 6.07) is 6.69. The molecular weight excluding hydrogens is 284 g/mol. The second-order valence-corrected chi connectivity index (χ2v) is 6.00. The molecule has 0 aromatic heterocycles. The number of hydrogen-bond acceptors (Lipinski definition) is 3. The summed E-state index contributed by atoms with van der Waals surface area (Å²) < 4.78 is 1.09. The lowest BCUT2D eigenvalue weighted by Gasteiger charge is -2.18. The van der Waals surface area contributed by atoms with Crippen LogP contribution in [0.15, 0.2) is 27.7 Å². The number of nitrogens with one attached hydrogen (secondary N) is 1. The van der Waals surface area contributed by atoms with Crippen LogP contribution in [0.2, 0.25) is 0 Å². The first-order valence-electron chi connectivity index (χ1n) is 5.39. The molecule has 1 aromatic rings. The van der Waals surface area contributed by atoms with E-state index in [1.54, 1.807) is 11.8 Å². The topological polar surface area (TPSA) is 24.4 Å². The van der Waals surface area contributed by atoms with Gasteiger partial charge in [-0.05, 0) is 38.0 Å². The molecular formula is C12H15BrN2S. The molecule has 0 fully saturated rings. The fourth-order valence-corrected chi connectivity index (χ4v) is 2.99. The van der Waals surface area contributed by atoms with Gasteiger partial charge >= 0.3 is 0 Å². The average molecular weight is 299 g/mol. The van der Waals surface area contributed by atoms with E-state index in [-0.39, 0.29) is 0 Å². The van der Waals surface area contributed by atoms with Gasteiger partial charge in [0.15, 0.2) is 5.17 Å². The normalized spacial score (nSPS) is 20.4. The van der Waals surface area contributed by atoms with Gasteiger partial charge in [-0.1, -0.05) is 33.8 Å². The summed E-state index contributed by atoms with van der Waals surface area (Å²) in [7, 11) is 0. The van der Waals surface area contributed by atoms with E-state index in [1.165, 1.54) is 12.0 Å². The van der Waals surface area contributed by atoms with Crippen LogP contribution in [0.3, 0.4) is 0 Å². The molecule has 0 aliphatic carbocycles. The Bertz CT molecular complexity index is 417. The van der Waals surface area contributed by atoms with Crippen LogP contribution in [0.25, 0.3) is 0 Å². The van der Waals surface area contributed by atoms with E-state index >= 15 is 0 Å². The minimum absolute atomic E-state index is 0.441. The van der Waals surface area contributed by atoms with Crippen molar-refractivity contribution in [3.05, 3.63) is 28.2 Å². The molecule has 0 bridgehead atoms. The number of benzene rings is 1. The van der Waals surface area contributed by atoms with E-state index in [9.17, 15) is 0 Å². The minimum atomic E-state index is 0.441. The molecule has 0 spiro atoms. The molecule has 2 nitrogen and oxygen atoms in total. The largest absolute Gasteiger partial charge is 0.335 e. The molecule has 0 radical (unpaired) electrons. The quantitative estimate of drug-likeness (QED) is 0.846. The van der Waals surface area contributed by atoms with Crippen molar-refractivity contribution < 1.29 is 0 Å². The summed E-state index contributed by atoms with van der Waals surface area (Å²) in [6.07, 6.45) is 1.17. The molecule has 1 aromatic carbocycles. The highest BCUT2D eigenvalue weighted by Gasteiger charge is 2.12. The van der Waals surface area contributed by atoms with Gasteiger partial charge in [-0.15, -0.1) is 0 Å². The fraction of sp³-hybridized carbons (Fsp3) is 0.417. The highest BCUT2D eigenvalue weighted by molar-refractivity contribution is 9.10. The number of aryl methyl sites for hydroxylation is 1. The highest BCUT2D eigenvalue weighted by Crippen LogP contribution is 2.24. The maximum atomic E-state index is 4.60. The Hall–Kier alpha value is -0.480. The molecule has 4 heteroatoms. The van der Waals surface area contributed by atoms with Crippen LogP contribution < -0.4 is 5.32 Å². The van der Waals surface area contributed by atoms with Crippen LogP contribution in [-0.4, -0.2) is 17.0 Å². The summed E-state index contributed by atoms with van der Waals surface area (Å²) in [6.45, 7) is 4.27. The molecule has 1 aliphatic heterocycles. The van der Waals surface area contributed by atoms with E-state index in [4.69, 9.17) is 0 Å². The average Bonchev–Trinajstić information content (AvgIpc) is 2.24. The molecule has 1 N–H and O–H groups in total. The molecule has 1 atom stereocenters. The summed E-state index contributed by atoms with van der Waals surface area (Å²) in [5.41, 5.74) is 2.37. The Morgan fingerprint density at radius 3 is 3.06 bits per heavy atom. The number of nitrogens with zero attached hydrogens (tertiary/aromatic N) is 1. The van der Waals surface area contributed by atoms with Crippen molar-refractivity contribution in [1.29, 1.82) is 0 Å². The van der Waals surface area contributed by atoms with Crippen molar-refractivity contribution in [2.75, 3.05) is 11.1 Å². The Labute approximate surface area is 109 Å². The van der Waals surface area contributed by atoms with Gasteiger partial charge in [-0.3, -0.25) is 4.99 Å². The lowest BCUT2D eigenvalue weighted by Crippen LogP contribution is -2.18. The smallest absolute Gasteiger partial charge is 0.161 e. The summed E-state index contributed by atoms with van der Waals surface area (Å²) in [4.78, 5) is 4.60. The number of aliphatic imine (C=N–C) groups is 1. The van der Waals surface area contributed by atoms with Crippen LogP contribution in [0, 0.1) is 6.92 Å². The number of hydrogen-bond donors (Lipinski definition) is 1. The second kappa shape index (κ2) is 5.23. The third kappa shape index (κ3) is 3.01. The summed E-state index contributed by atoms with van der Waals surface area (Å²) in [5, 5.41) is 4.44.